The molecule has 0 unspecified atom stereocenters. The number of nitrogens with zero attached hydrogens (tertiary/aromatic N) is 1. The molecule has 0 spiro atoms. The van der Waals surface area contributed by atoms with E-state index < -0.39 is 0 Å². The molecular formula is C16H21N3O2S. The number of hydrogen-bond acceptors (Lipinski definition) is 4. The molecule has 0 fully saturated rings. The first-order chi connectivity index (χ1) is 10.5. The van der Waals surface area contributed by atoms with Crippen LogP contribution in [0.4, 0.5) is 10.5 Å². The number of benzene rings is 1. The summed E-state index contributed by atoms with van der Waals surface area (Å²) in [6.07, 6.45) is 1.86. The number of urea groups is 1. The number of nitrogens with one attached hydrogen (secondary N) is 2. The number of aromatic nitrogens is 1. The maximum atomic E-state index is 12.1. The van der Waals surface area contributed by atoms with Gasteiger partial charge in [-0.05, 0) is 51.5 Å². The Balaban J connectivity index is 1.96. The summed E-state index contributed by atoms with van der Waals surface area (Å²) < 4.78 is 5.63. The zero-order valence-corrected chi connectivity index (χ0v) is 14.0. The lowest BCUT2D eigenvalue weighted by molar-refractivity contribution is 0.242. The topological polar surface area (TPSA) is 63.2 Å². The van der Waals surface area contributed by atoms with Gasteiger partial charge in [0.15, 0.2) is 0 Å². The summed E-state index contributed by atoms with van der Waals surface area (Å²) in [4.78, 5) is 16.2. The molecule has 0 aliphatic carbocycles. The van der Waals surface area contributed by atoms with Gasteiger partial charge in [0.05, 0.1) is 12.1 Å². The number of hydrogen-bond donors (Lipinski definition) is 2. The summed E-state index contributed by atoms with van der Waals surface area (Å²) >= 11 is 1.52. The van der Waals surface area contributed by atoms with Crippen molar-refractivity contribution in [3.8, 4) is 5.75 Å². The number of anilines is 1. The number of rotatable bonds is 5. The van der Waals surface area contributed by atoms with Crippen LogP contribution < -0.4 is 15.4 Å². The van der Waals surface area contributed by atoms with Crippen LogP contribution in [0.15, 0.2) is 29.8 Å². The molecule has 0 radical (unpaired) electrons. The maximum Gasteiger partial charge on any atom is 0.319 e. The molecule has 2 rings (SSSR count). The van der Waals surface area contributed by atoms with E-state index >= 15 is 0 Å². The molecule has 0 aliphatic rings. The first kappa shape index (κ1) is 16.3. The molecule has 118 valence electrons. The van der Waals surface area contributed by atoms with Crippen LogP contribution in [-0.2, 0) is 0 Å². The Hall–Kier alpha value is -2.08. The summed E-state index contributed by atoms with van der Waals surface area (Å²) in [5, 5.41) is 8.50. The van der Waals surface area contributed by atoms with Crippen molar-refractivity contribution in [3.63, 3.8) is 0 Å². The van der Waals surface area contributed by atoms with Gasteiger partial charge in [-0.15, -0.1) is 11.3 Å². The minimum absolute atomic E-state index is 0.121. The quantitative estimate of drug-likeness (QED) is 0.871. The van der Waals surface area contributed by atoms with E-state index in [2.05, 4.69) is 15.6 Å². The van der Waals surface area contributed by atoms with Gasteiger partial charge in [0.25, 0.3) is 0 Å². The van der Waals surface area contributed by atoms with Crippen LogP contribution in [-0.4, -0.2) is 17.1 Å². The van der Waals surface area contributed by atoms with Gasteiger partial charge in [-0.2, -0.15) is 0 Å². The fourth-order valence-corrected chi connectivity index (χ4v) is 2.63. The maximum absolute atomic E-state index is 12.1. The molecule has 5 nitrogen and oxygen atoms in total. The zero-order chi connectivity index (χ0) is 16.1. The van der Waals surface area contributed by atoms with Crippen molar-refractivity contribution in [1.82, 2.24) is 10.3 Å². The monoisotopic (exact) mass is 319 g/mol. The largest absolute Gasteiger partial charge is 0.491 e. The number of aryl methyl sites for hydroxylation is 1. The zero-order valence-electron chi connectivity index (χ0n) is 13.2. The smallest absolute Gasteiger partial charge is 0.319 e. The fraction of sp³-hybridized carbons (Fsp3) is 0.375. The van der Waals surface area contributed by atoms with Crippen molar-refractivity contribution in [2.24, 2.45) is 0 Å². The van der Waals surface area contributed by atoms with E-state index in [1.807, 2.05) is 51.3 Å². The summed E-state index contributed by atoms with van der Waals surface area (Å²) in [5.41, 5.74) is 1.72. The lowest BCUT2D eigenvalue weighted by Gasteiger charge is -2.15. The van der Waals surface area contributed by atoms with Crippen molar-refractivity contribution < 1.29 is 9.53 Å². The molecule has 2 amide bonds. The molecule has 1 aromatic carbocycles. The molecule has 1 atom stereocenters. The molecular weight excluding hydrogens is 298 g/mol. The Kier molecular flexibility index (Phi) is 5.38. The molecule has 22 heavy (non-hydrogen) atoms. The van der Waals surface area contributed by atoms with E-state index in [-0.39, 0.29) is 18.2 Å². The second kappa shape index (κ2) is 7.26. The summed E-state index contributed by atoms with van der Waals surface area (Å²) in [7, 11) is 0. The molecule has 6 heteroatoms. The Morgan fingerprint density at radius 1 is 1.32 bits per heavy atom. The number of thiazole rings is 1. The SMILES string of the molecule is Cc1cc(OC(C)C)ccc1NC(=O)N[C@H](C)c1nccs1. The molecule has 0 aliphatic heterocycles. The van der Waals surface area contributed by atoms with Crippen LogP contribution in [0.1, 0.15) is 37.4 Å². The van der Waals surface area contributed by atoms with E-state index in [1.54, 1.807) is 6.20 Å². The van der Waals surface area contributed by atoms with Crippen LogP contribution in [0, 0.1) is 6.92 Å². The molecule has 1 heterocycles. The van der Waals surface area contributed by atoms with Gasteiger partial charge in [-0.1, -0.05) is 0 Å². The van der Waals surface area contributed by atoms with Crippen LogP contribution in [0.3, 0.4) is 0 Å². The van der Waals surface area contributed by atoms with Crippen LogP contribution in [0.5, 0.6) is 5.75 Å². The Morgan fingerprint density at radius 2 is 2.09 bits per heavy atom. The highest BCUT2D eigenvalue weighted by Crippen LogP contribution is 2.22. The predicted octanol–water partition coefficient (Wildman–Crippen LogP) is 4.12. The lowest BCUT2D eigenvalue weighted by Crippen LogP contribution is -2.31. The molecule has 2 aromatic rings. The van der Waals surface area contributed by atoms with E-state index in [0.29, 0.717) is 0 Å². The van der Waals surface area contributed by atoms with E-state index in [1.165, 1.54) is 11.3 Å². The standard InChI is InChI=1S/C16H21N3O2S/c1-10(2)21-13-5-6-14(11(3)9-13)19-16(20)18-12(4)15-17-7-8-22-15/h5-10,12H,1-4H3,(H2,18,19,20)/t12-/m1/s1. The second-order valence-corrected chi connectivity index (χ2v) is 6.26. The van der Waals surface area contributed by atoms with Gasteiger partial charge in [0.2, 0.25) is 0 Å². The van der Waals surface area contributed by atoms with Crippen molar-refractivity contribution in [2.45, 2.75) is 39.8 Å². The van der Waals surface area contributed by atoms with Gasteiger partial charge in [-0.25, -0.2) is 9.78 Å². The van der Waals surface area contributed by atoms with Crippen molar-refractivity contribution in [2.75, 3.05) is 5.32 Å². The highest BCUT2D eigenvalue weighted by atomic mass is 32.1. The van der Waals surface area contributed by atoms with E-state index in [9.17, 15) is 4.79 Å². The molecule has 1 aromatic heterocycles. The average Bonchev–Trinajstić information content (AvgIpc) is 2.95. The summed E-state index contributed by atoms with van der Waals surface area (Å²) in [5.74, 6) is 0.801. The van der Waals surface area contributed by atoms with Gasteiger partial charge >= 0.3 is 6.03 Å². The van der Waals surface area contributed by atoms with Gasteiger partial charge < -0.3 is 15.4 Å². The first-order valence-electron chi connectivity index (χ1n) is 7.20. The van der Waals surface area contributed by atoms with Crippen LogP contribution in [0.2, 0.25) is 0 Å². The van der Waals surface area contributed by atoms with Gasteiger partial charge in [0.1, 0.15) is 10.8 Å². The highest BCUT2D eigenvalue weighted by molar-refractivity contribution is 7.09. The second-order valence-electron chi connectivity index (χ2n) is 5.33. The van der Waals surface area contributed by atoms with Crippen LogP contribution >= 0.6 is 11.3 Å². The Morgan fingerprint density at radius 3 is 2.68 bits per heavy atom. The average molecular weight is 319 g/mol. The molecule has 0 bridgehead atoms. The molecule has 0 saturated heterocycles. The van der Waals surface area contributed by atoms with Crippen molar-refractivity contribution >= 4 is 23.1 Å². The van der Waals surface area contributed by atoms with E-state index in [4.69, 9.17) is 4.74 Å². The third-order valence-electron chi connectivity index (χ3n) is 2.99. The normalized spacial score (nSPS) is 12.0. The Labute approximate surface area is 134 Å². The van der Waals surface area contributed by atoms with Crippen molar-refractivity contribution in [1.29, 1.82) is 0 Å². The first-order valence-corrected chi connectivity index (χ1v) is 8.08. The number of carbonyl (C=O) groups excluding carboxylic acids is 1. The van der Waals surface area contributed by atoms with Crippen LogP contribution in [0.25, 0.3) is 0 Å². The Bertz CT molecular complexity index is 626. The summed E-state index contributed by atoms with van der Waals surface area (Å²) in [6, 6.07) is 5.25. The molecule has 2 N–H and O–H groups in total. The van der Waals surface area contributed by atoms with E-state index in [0.717, 1.165) is 22.0 Å². The third-order valence-corrected chi connectivity index (χ3v) is 3.95. The minimum atomic E-state index is -0.247. The molecule has 0 saturated carbocycles. The minimum Gasteiger partial charge on any atom is -0.491 e. The highest BCUT2D eigenvalue weighted by Gasteiger charge is 2.12. The number of carbonyl (C=O) groups is 1. The van der Waals surface area contributed by atoms with Gasteiger partial charge in [0, 0.05) is 17.3 Å². The van der Waals surface area contributed by atoms with Crippen molar-refractivity contribution in [3.05, 3.63) is 40.3 Å². The summed E-state index contributed by atoms with van der Waals surface area (Å²) in [6.45, 7) is 7.81. The predicted molar refractivity (Wildman–Crippen MR) is 89.6 cm³/mol. The van der Waals surface area contributed by atoms with Gasteiger partial charge in [-0.3, -0.25) is 0 Å². The lowest BCUT2D eigenvalue weighted by atomic mass is 10.2. The third kappa shape index (κ3) is 4.46. The number of ether oxygens (including phenoxy) is 1. The number of amides is 2. The fourth-order valence-electron chi connectivity index (χ4n) is 1.99.